The molecule has 0 saturated heterocycles. The number of fused-ring (bicyclic) bond motifs is 1. The first-order valence-corrected chi connectivity index (χ1v) is 7.40. The first-order chi connectivity index (χ1) is 9.69. The number of aromatic nitrogens is 2. The third-order valence-corrected chi connectivity index (χ3v) is 3.98. The molecule has 5 heteroatoms. The van der Waals surface area contributed by atoms with Crippen LogP contribution in [0.5, 0.6) is 0 Å². The summed E-state index contributed by atoms with van der Waals surface area (Å²) in [4.78, 5) is 9.38. The number of hydrogen-bond acceptors (Lipinski definition) is 4. The Bertz CT molecular complexity index is 641. The number of aryl methyl sites for hydroxylation is 1. The van der Waals surface area contributed by atoms with E-state index in [1.807, 2.05) is 13.1 Å². The van der Waals surface area contributed by atoms with Crippen LogP contribution in [0.1, 0.15) is 16.8 Å². The van der Waals surface area contributed by atoms with E-state index >= 15 is 0 Å². The van der Waals surface area contributed by atoms with Crippen molar-refractivity contribution in [2.75, 3.05) is 19.0 Å². The van der Waals surface area contributed by atoms with Gasteiger partial charge in [0.2, 0.25) is 0 Å². The quantitative estimate of drug-likeness (QED) is 0.915. The summed E-state index contributed by atoms with van der Waals surface area (Å²) in [6.07, 6.45) is 0.842. The molecule has 0 fully saturated rings. The van der Waals surface area contributed by atoms with Crippen molar-refractivity contribution in [3.05, 3.63) is 39.5 Å². The number of anilines is 1. The summed E-state index contributed by atoms with van der Waals surface area (Å²) in [5.41, 5.74) is 4.40. The Morgan fingerprint density at radius 2 is 2.15 bits per heavy atom. The van der Waals surface area contributed by atoms with Crippen molar-refractivity contribution in [1.29, 1.82) is 0 Å². The Hall–Kier alpha value is -1.46. The molecule has 1 aliphatic rings. The molecule has 20 heavy (non-hydrogen) atoms. The lowest BCUT2D eigenvalue weighted by Gasteiger charge is -2.19. The third kappa shape index (κ3) is 2.43. The Morgan fingerprint density at radius 1 is 1.30 bits per heavy atom. The van der Waals surface area contributed by atoms with Crippen molar-refractivity contribution < 1.29 is 4.74 Å². The second-order valence-corrected chi connectivity index (χ2v) is 5.75. The summed E-state index contributed by atoms with van der Waals surface area (Å²) < 4.78 is 6.57. The molecule has 0 bridgehead atoms. The predicted molar refractivity (Wildman–Crippen MR) is 82.8 cm³/mol. The SMILES string of the molecule is CNc1nc(-c2ccc(Br)cc2C)nc2c1COCC2. The van der Waals surface area contributed by atoms with Gasteiger partial charge in [-0.3, -0.25) is 0 Å². The van der Waals surface area contributed by atoms with E-state index in [4.69, 9.17) is 9.72 Å². The van der Waals surface area contributed by atoms with Gasteiger partial charge < -0.3 is 10.1 Å². The molecule has 0 amide bonds. The molecule has 0 spiro atoms. The van der Waals surface area contributed by atoms with E-state index in [9.17, 15) is 0 Å². The lowest BCUT2D eigenvalue weighted by Crippen LogP contribution is -2.16. The van der Waals surface area contributed by atoms with E-state index in [-0.39, 0.29) is 0 Å². The first kappa shape index (κ1) is 13.5. The zero-order valence-corrected chi connectivity index (χ0v) is 13.1. The van der Waals surface area contributed by atoms with Crippen LogP contribution in [0.3, 0.4) is 0 Å². The first-order valence-electron chi connectivity index (χ1n) is 6.61. The zero-order chi connectivity index (χ0) is 14.1. The van der Waals surface area contributed by atoms with Crippen LogP contribution in [0.2, 0.25) is 0 Å². The van der Waals surface area contributed by atoms with Gasteiger partial charge >= 0.3 is 0 Å². The van der Waals surface area contributed by atoms with E-state index in [1.54, 1.807) is 0 Å². The van der Waals surface area contributed by atoms with Gasteiger partial charge in [-0.2, -0.15) is 0 Å². The van der Waals surface area contributed by atoms with Crippen molar-refractivity contribution in [1.82, 2.24) is 9.97 Å². The molecule has 0 saturated carbocycles. The summed E-state index contributed by atoms with van der Waals surface area (Å²) in [5, 5.41) is 3.16. The number of ether oxygens (including phenoxy) is 1. The van der Waals surface area contributed by atoms with Crippen molar-refractivity contribution in [3.63, 3.8) is 0 Å². The fraction of sp³-hybridized carbons (Fsp3) is 0.333. The fourth-order valence-corrected chi connectivity index (χ4v) is 2.91. The molecule has 1 aromatic heterocycles. The Balaban J connectivity index is 2.14. The number of hydrogen-bond donors (Lipinski definition) is 1. The third-order valence-electron chi connectivity index (χ3n) is 3.49. The molecule has 0 radical (unpaired) electrons. The highest BCUT2D eigenvalue weighted by molar-refractivity contribution is 9.10. The van der Waals surface area contributed by atoms with Crippen molar-refractivity contribution >= 4 is 21.7 Å². The molecule has 0 unspecified atom stereocenters. The molecule has 1 N–H and O–H groups in total. The van der Waals surface area contributed by atoms with Gasteiger partial charge in [0, 0.05) is 29.1 Å². The number of rotatable bonds is 2. The van der Waals surface area contributed by atoms with Gasteiger partial charge in [0.25, 0.3) is 0 Å². The number of nitrogens with zero attached hydrogens (tertiary/aromatic N) is 2. The van der Waals surface area contributed by atoms with Crippen LogP contribution >= 0.6 is 15.9 Å². The summed E-state index contributed by atoms with van der Waals surface area (Å²) >= 11 is 3.49. The van der Waals surface area contributed by atoms with Gasteiger partial charge in [0.15, 0.2) is 5.82 Å². The van der Waals surface area contributed by atoms with E-state index in [1.165, 1.54) is 0 Å². The van der Waals surface area contributed by atoms with Gasteiger partial charge in [-0.25, -0.2) is 9.97 Å². The topological polar surface area (TPSA) is 47.0 Å². The maximum Gasteiger partial charge on any atom is 0.162 e. The normalized spacial score (nSPS) is 13.9. The monoisotopic (exact) mass is 333 g/mol. The number of halogens is 1. The largest absolute Gasteiger partial charge is 0.376 e. The fourth-order valence-electron chi connectivity index (χ4n) is 2.44. The standard InChI is InChI=1S/C15H16BrN3O/c1-9-7-10(16)3-4-11(9)15-18-13-5-6-20-8-12(13)14(17-2)19-15/h3-4,7H,5-6,8H2,1-2H3,(H,17,18,19). The van der Waals surface area contributed by atoms with Crippen LogP contribution in [0.25, 0.3) is 11.4 Å². The minimum atomic E-state index is 0.588. The van der Waals surface area contributed by atoms with Crippen molar-refractivity contribution in [2.45, 2.75) is 20.0 Å². The van der Waals surface area contributed by atoms with Crippen LogP contribution in [0.4, 0.5) is 5.82 Å². The average Bonchev–Trinajstić information content (AvgIpc) is 2.46. The molecule has 2 heterocycles. The maximum absolute atomic E-state index is 5.50. The van der Waals surface area contributed by atoms with Crippen molar-refractivity contribution in [2.24, 2.45) is 0 Å². The highest BCUT2D eigenvalue weighted by Gasteiger charge is 2.18. The Kier molecular flexibility index (Phi) is 3.72. The smallest absolute Gasteiger partial charge is 0.162 e. The summed E-state index contributed by atoms with van der Waals surface area (Å²) in [7, 11) is 1.88. The minimum absolute atomic E-state index is 0.588. The van der Waals surface area contributed by atoms with E-state index in [0.717, 1.165) is 51.5 Å². The molecule has 0 atom stereocenters. The molecule has 3 rings (SSSR count). The molecule has 2 aromatic rings. The molecular formula is C15H16BrN3O. The van der Waals surface area contributed by atoms with E-state index in [0.29, 0.717) is 6.61 Å². The maximum atomic E-state index is 5.50. The zero-order valence-electron chi connectivity index (χ0n) is 11.5. The van der Waals surface area contributed by atoms with Crippen molar-refractivity contribution in [3.8, 4) is 11.4 Å². The number of benzene rings is 1. The lowest BCUT2D eigenvalue weighted by molar-refractivity contribution is 0.109. The molecule has 1 aliphatic heterocycles. The Morgan fingerprint density at radius 3 is 2.90 bits per heavy atom. The summed E-state index contributed by atoms with van der Waals surface area (Å²) in [5.74, 6) is 1.65. The van der Waals surface area contributed by atoms with Crippen LogP contribution in [0.15, 0.2) is 22.7 Å². The highest BCUT2D eigenvalue weighted by atomic mass is 79.9. The van der Waals surface area contributed by atoms with Crippen LogP contribution in [-0.4, -0.2) is 23.6 Å². The van der Waals surface area contributed by atoms with Crippen LogP contribution in [0, 0.1) is 6.92 Å². The second-order valence-electron chi connectivity index (χ2n) is 4.83. The van der Waals surface area contributed by atoms with Gasteiger partial charge in [0.1, 0.15) is 5.82 Å². The molecule has 104 valence electrons. The molecule has 0 aliphatic carbocycles. The van der Waals surface area contributed by atoms with E-state index < -0.39 is 0 Å². The van der Waals surface area contributed by atoms with Crippen LogP contribution in [-0.2, 0) is 17.8 Å². The summed E-state index contributed by atoms with van der Waals surface area (Å²) in [6, 6.07) is 6.16. The van der Waals surface area contributed by atoms with Gasteiger partial charge in [0.05, 0.1) is 18.9 Å². The van der Waals surface area contributed by atoms with Gasteiger partial charge in [-0.05, 0) is 30.7 Å². The van der Waals surface area contributed by atoms with Gasteiger partial charge in [-0.15, -0.1) is 0 Å². The number of nitrogens with one attached hydrogen (secondary N) is 1. The summed E-state index contributed by atoms with van der Waals surface area (Å²) in [6.45, 7) is 3.39. The molecule has 4 nitrogen and oxygen atoms in total. The molecular weight excluding hydrogens is 318 g/mol. The average molecular weight is 334 g/mol. The second kappa shape index (κ2) is 5.50. The van der Waals surface area contributed by atoms with Crippen LogP contribution < -0.4 is 5.32 Å². The van der Waals surface area contributed by atoms with E-state index in [2.05, 4.69) is 45.3 Å². The minimum Gasteiger partial charge on any atom is -0.376 e. The predicted octanol–water partition coefficient (Wildman–Crippen LogP) is 3.33. The highest BCUT2D eigenvalue weighted by Crippen LogP contribution is 2.28. The molecule has 1 aromatic carbocycles. The lowest BCUT2D eigenvalue weighted by atomic mass is 10.1. The van der Waals surface area contributed by atoms with Gasteiger partial charge in [-0.1, -0.05) is 15.9 Å². The Labute approximate surface area is 126 Å².